The minimum absolute atomic E-state index is 0.0496. The van der Waals surface area contributed by atoms with E-state index in [9.17, 15) is 22.8 Å². The number of para-hydroxylation sites is 2. The zero-order valence-corrected chi connectivity index (χ0v) is 40.1. The second-order valence-corrected chi connectivity index (χ2v) is 19.5. The average molecular weight is 945 g/mol. The molecule has 6 rings (SSSR count). The maximum atomic E-state index is 12.9. The van der Waals surface area contributed by atoms with Crippen LogP contribution < -0.4 is 30.7 Å². The second kappa shape index (κ2) is 23.6. The van der Waals surface area contributed by atoms with Crippen molar-refractivity contribution >= 4 is 51.2 Å². The summed E-state index contributed by atoms with van der Waals surface area (Å²) in [6.07, 6.45) is 2.53. The molecule has 6 aromatic rings. The normalized spacial score (nSPS) is 11.5. The number of carbonyl (C=O) groups excluding carboxylic acids is 3. The molecule has 0 fully saturated rings. The fourth-order valence-corrected chi connectivity index (χ4v) is 7.82. The van der Waals surface area contributed by atoms with Crippen molar-refractivity contribution in [3.63, 3.8) is 0 Å². The molecule has 0 unspecified atom stereocenters. The zero-order valence-electron chi connectivity index (χ0n) is 38.5. The molecule has 0 heterocycles. The monoisotopic (exact) mass is 944 g/mol. The predicted molar refractivity (Wildman–Crippen MR) is 263 cm³/mol. The van der Waals surface area contributed by atoms with Crippen LogP contribution in [0.2, 0.25) is 0 Å². The van der Waals surface area contributed by atoms with Gasteiger partial charge in [0.05, 0.1) is 28.3 Å². The molecule has 6 aromatic carbocycles. The van der Waals surface area contributed by atoms with E-state index in [0.717, 1.165) is 29.2 Å². The Labute approximate surface area is 397 Å². The largest absolute Gasteiger partial charge is 0.489 e. The van der Waals surface area contributed by atoms with Crippen molar-refractivity contribution in [1.82, 2.24) is 4.72 Å². The molecule has 0 aliphatic rings. The molecule has 0 atom stereocenters. The van der Waals surface area contributed by atoms with Gasteiger partial charge < -0.3 is 20.1 Å². The van der Waals surface area contributed by atoms with Gasteiger partial charge in [-0.05, 0) is 107 Å². The van der Waals surface area contributed by atoms with Crippen LogP contribution in [0.25, 0.3) is 0 Å². The summed E-state index contributed by atoms with van der Waals surface area (Å²) in [6.45, 7) is 15.4. The molecule has 350 valence electrons. The number of rotatable bonds is 16. The summed E-state index contributed by atoms with van der Waals surface area (Å²) in [5.74, 6) is 4.45. The maximum Gasteiger partial charge on any atom is 0.266 e. The summed E-state index contributed by atoms with van der Waals surface area (Å²) in [5.41, 5.74) is 6.16. The third-order valence-electron chi connectivity index (χ3n) is 9.92. The van der Waals surface area contributed by atoms with Gasteiger partial charge in [0.15, 0.2) is 0 Å². The highest BCUT2D eigenvalue weighted by molar-refractivity contribution is 7.94. The van der Waals surface area contributed by atoms with E-state index in [4.69, 9.17) is 15.4 Å². The lowest BCUT2D eigenvalue weighted by molar-refractivity contribution is -0.195. The van der Waals surface area contributed by atoms with Gasteiger partial charge in [-0.15, -0.1) is 9.32 Å². The Balaban J connectivity index is 0.000000254. The van der Waals surface area contributed by atoms with Crippen LogP contribution in [0.1, 0.15) is 91.4 Å². The summed E-state index contributed by atoms with van der Waals surface area (Å²) in [7, 11) is -4.19. The second-order valence-electron chi connectivity index (χ2n) is 17.1. The number of sulfonamides is 1. The summed E-state index contributed by atoms with van der Waals surface area (Å²) in [5, 5.41) is 5.48. The van der Waals surface area contributed by atoms with Gasteiger partial charge in [-0.2, -0.15) is 5.90 Å². The van der Waals surface area contributed by atoms with Gasteiger partial charge in [0.1, 0.15) is 29.6 Å². The fraction of sp³-hybridized carbons (Fsp3) is 0.212. The van der Waals surface area contributed by atoms with E-state index in [-0.39, 0.29) is 27.3 Å². The zero-order chi connectivity index (χ0) is 48.6. The predicted octanol–water partition coefficient (Wildman–Crippen LogP) is 10.8. The summed E-state index contributed by atoms with van der Waals surface area (Å²) < 4.78 is 43.8. The topological polar surface area (TPSA) is 184 Å². The minimum atomic E-state index is -4.19. The van der Waals surface area contributed by atoms with Gasteiger partial charge in [-0.1, -0.05) is 133 Å². The lowest BCUT2D eigenvalue weighted by Gasteiger charge is -2.19. The smallest absolute Gasteiger partial charge is 0.266 e. The first-order valence-electron chi connectivity index (χ1n) is 21.2. The molecule has 3 amide bonds. The number of hydrogen-bond acceptors (Lipinski definition) is 11. The van der Waals surface area contributed by atoms with E-state index >= 15 is 0 Å². The van der Waals surface area contributed by atoms with Crippen LogP contribution in [-0.4, -0.2) is 26.1 Å². The Morgan fingerprint density at radius 1 is 0.612 bits per heavy atom. The van der Waals surface area contributed by atoms with E-state index in [1.165, 1.54) is 35.4 Å². The molecule has 5 N–H and O–H groups in total. The number of nitrogens with two attached hydrogens (primary N) is 1. The van der Waals surface area contributed by atoms with Crippen LogP contribution in [0, 0.1) is 0 Å². The maximum absolute atomic E-state index is 12.9. The lowest BCUT2D eigenvalue weighted by atomic mass is 9.87. The molecule has 0 radical (unpaired) electrons. The van der Waals surface area contributed by atoms with Gasteiger partial charge >= 0.3 is 0 Å². The molecule has 15 heteroatoms. The van der Waals surface area contributed by atoms with Gasteiger partial charge in [0, 0.05) is 11.1 Å². The Bertz CT molecular complexity index is 2760. The van der Waals surface area contributed by atoms with E-state index in [1.54, 1.807) is 67.6 Å². The molecule has 67 heavy (non-hydrogen) atoms. The van der Waals surface area contributed by atoms with Crippen LogP contribution in [0.4, 0.5) is 11.4 Å². The number of benzene rings is 6. The molecule has 0 aliphatic heterocycles. The Kier molecular flexibility index (Phi) is 18.1. The fourth-order valence-electron chi connectivity index (χ4n) is 6.25. The molecule has 0 aromatic heterocycles. The number of hydrogen-bond donors (Lipinski definition) is 4. The minimum Gasteiger partial charge on any atom is -0.489 e. The number of amides is 3. The molecule has 0 saturated heterocycles. The Hall–Kier alpha value is -6.75. The van der Waals surface area contributed by atoms with Gasteiger partial charge in [0.2, 0.25) is 0 Å². The van der Waals surface area contributed by atoms with E-state index in [1.807, 2.05) is 35.1 Å². The van der Waals surface area contributed by atoms with Crippen molar-refractivity contribution in [3.8, 4) is 11.5 Å². The van der Waals surface area contributed by atoms with Crippen molar-refractivity contribution in [2.45, 2.75) is 82.3 Å². The van der Waals surface area contributed by atoms with Crippen LogP contribution in [-0.2, 0) is 48.2 Å². The van der Waals surface area contributed by atoms with Crippen molar-refractivity contribution in [3.05, 3.63) is 191 Å². The van der Waals surface area contributed by atoms with Gasteiger partial charge in [0.25, 0.3) is 27.7 Å². The van der Waals surface area contributed by atoms with Crippen molar-refractivity contribution in [2.24, 2.45) is 5.90 Å². The van der Waals surface area contributed by atoms with E-state index < -0.39 is 21.8 Å². The van der Waals surface area contributed by atoms with Gasteiger partial charge in [-0.25, -0.2) is 13.1 Å². The van der Waals surface area contributed by atoms with Crippen molar-refractivity contribution < 1.29 is 41.6 Å². The Morgan fingerprint density at radius 3 is 1.55 bits per heavy atom. The quantitative estimate of drug-likeness (QED) is 0.0313. The number of nitrogens with one attached hydrogen (secondary N) is 3. The summed E-state index contributed by atoms with van der Waals surface area (Å²) in [4.78, 5) is 42.0. The Morgan fingerprint density at radius 2 is 1.07 bits per heavy atom. The number of carbonyl (C=O) groups is 3. The van der Waals surface area contributed by atoms with Crippen molar-refractivity contribution in [2.75, 3.05) is 10.6 Å². The molecule has 13 nitrogen and oxygen atoms in total. The van der Waals surface area contributed by atoms with Crippen LogP contribution in [0.5, 0.6) is 11.5 Å². The van der Waals surface area contributed by atoms with Crippen LogP contribution in [0.15, 0.2) is 168 Å². The van der Waals surface area contributed by atoms with E-state index in [0.29, 0.717) is 46.4 Å². The SMILES string of the molecule is C/C=C/C(=O)NS(=O)(=O)c1ccccc1NC(=O)c1cccc(OCc2ccc(C(C)(C)C)cc2)c1.CC(C)(C)c1ccc(COc2cccc(C(=O)Nc3ccccc3SOON)c2)cc1. The highest BCUT2D eigenvalue weighted by Gasteiger charge is 2.22. The van der Waals surface area contributed by atoms with Crippen LogP contribution >= 0.6 is 12.0 Å². The molecular weight excluding hydrogens is 889 g/mol. The first kappa shape index (κ1) is 51.2. The highest BCUT2D eigenvalue weighted by Crippen LogP contribution is 2.29. The number of anilines is 2. The van der Waals surface area contributed by atoms with E-state index in [2.05, 4.69) is 97.9 Å². The standard InChI is InChI=1S/C28H30N2O5S.C24H26N2O4S/c1-5-9-26(31)30-36(33,34)25-13-7-6-12-24(25)29-27(32)21-10-8-11-23(18-21)35-19-20-14-16-22(17-15-20)28(2,3)4;1-24(2,3)19-13-11-17(12-14-19)16-28-20-8-6-7-18(15-20)23(27)26-21-9-4-5-10-22(21)31-30-29-25/h5-18H,19H2,1-4H3,(H,29,32)(H,30,31);4-15H,16,25H2,1-3H3,(H,26,27)/b9-5+;. The van der Waals surface area contributed by atoms with Crippen molar-refractivity contribution in [1.29, 1.82) is 0 Å². The molecular formula is C52H56N4O9S2. The molecule has 0 bridgehead atoms. The number of ether oxygens (including phenoxy) is 2. The highest BCUT2D eigenvalue weighted by atomic mass is 32.2. The molecule has 0 spiro atoms. The molecule has 0 saturated carbocycles. The first-order chi connectivity index (χ1) is 31.9. The lowest BCUT2D eigenvalue weighted by Crippen LogP contribution is -2.30. The third kappa shape index (κ3) is 15.7. The summed E-state index contributed by atoms with van der Waals surface area (Å²) in [6, 6.07) is 43.3. The van der Waals surface area contributed by atoms with Crippen LogP contribution in [0.3, 0.4) is 0 Å². The average Bonchev–Trinajstić information content (AvgIpc) is 3.30. The first-order valence-corrected chi connectivity index (χ1v) is 23.4. The molecule has 0 aliphatic carbocycles. The summed E-state index contributed by atoms with van der Waals surface area (Å²) >= 11 is 0.909. The third-order valence-corrected chi connectivity index (χ3v) is 12.0. The number of allylic oxidation sites excluding steroid dienone is 1. The van der Waals surface area contributed by atoms with Gasteiger partial charge in [-0.3, -0.25) is 14.4 Å².